The van der Waals surface area contributed by atoms with Crippen LogP contribution in [0.5, 0.6) is 5.75 Å². The second-order valence-electron chi connectivity index (χ2n) is 6.38. The van der Waals surface area contributed by atoms with Gasteiger partial charge >= 0.3 is 6.18 Å². The number of hydrogen-bond acceptors (Lipinski definition) is 5. The standard InChI is InChI=1S/C19H22F3N3O2/c1-2-3-4-5-11-26-16-9-8-13(12-14(16)19(20,21)22)17-24-18(27-25-17)15-7-6-10-23-15/h4-5,8-9,12,15,23H,2-3,6-7,10-11H2,1H3/b5-4+. The summed E-state index contributed by atoms with van der Waals surface area (Å²) in [6.07, 6.45) is 2.77. The second-order valence-corrected chi connectivity index (χ2v) is 6.38. The van der Waals surface area contributed by atoms with Crippen LogP contribution in [0, 0.1) is 0 Å². The first-order valence-electron chi connectivity index (χ1n) is 9.05. The predicted octanol–water partition coefficient (Wildman–Crippen LogP) is 4.92. The average Bonchev–Trinajstić information content (AvgIpc) is 3.32. The van der Waals surface area contributed by atoms with E-state index in [0.29, 0.717) is 5.89 Å². The van der Waals surface area contributed by atoms with Crippen LogP contribution in [0.2, 0.25) is 0 Å². The largest absolute Gasteiger partial charge is 0.489 e. The number of ether oxygens (including phenoxy) is 1. The molecular weight excluding hydrogens is 359 g/mol. The lowest BCUT2D eigenvalue weighted by Crippen LogP contribution is -2.13. The van der Waals surface area contributed by atoms with Gasteiger partial charge in [0.15, 0.2) is 0 Å². The Balaban J connectivity index is 1.80. The maximum atomic E-state index is 13.5. The minimum atomic E-state index is -4.54. The molecule has 1 aliphatic rings. The van der Waals surface area contributed by atoms with Gasteiger partial charge in [-0.25, -0.2) is 0 Å². The van der Waals surface area contributed by atoms with Crippen LogP contribution < -0.4 is 10.1 Å². The Bertz CT molecular complexity index is 781. The van der Waals surface area contributed by atoms with E-state index >= 15 is 0 Å². The van der Waals surface area contributed by atoms with Crippen molar-refractivity contribution < 1.29 is 22.4 Å². The van der Waals surface area contributed by atoms with Crippen LogP contribution in [-0.4, -0.2) is 23.3 Å². The molecule has 1 saturated heterocycles. The summed E-state index contributed by atoms with van der Waals surface area (Å²) in [6, 6.07) is 3.78. The van der Waals surface area contributed by atoms with E-state index in [4.69, 9.17) is 9.26 Å². The van der Waals surface area contributed by atoms with Crippen LogP contribution in [0.3, 0.4) is 0 Å². The van der Waals surface area contributed by atoms with E-state index in [1.165, 1.54) is 12.1 Å². The van der Waals surface area contributed by atoms with Gasteiger partial charge in [-0.15, -0.1) is 0 Å². The van der Waals surface area contributed by atoms with Crippen molar-refractivity contribution in [1.29, 1.82) is 0 Å². The molecule has 0 radical (unpaired) electrons. The third-order valence-corrected chi connectivity index (χ3v) is 4.30. The van der Waals surface area contributed by atoms with Gasteiger partial charge in [-0.3, -0.25) is 0 Å². The maximum Gasteiger partial charge on any atom is 0.419 e. The van der Waals surface area contributed by atoms with Gasteiger partial charge in [0.2, 0.25) is 11.7 Å². The molecule has 1 unspecified atom stereocenters. The number of rotatable bonds is 7. The highest BCUT2D eigenvalue weighted by Crippen LogP contribution is 2.38. The van der Waals surface area contributed by atoms with E-state index < -0.39 is 11.7 Å². The Morgan fingerprint density at radius 3 is 2.89 bits per heavy atom. The summed E-state index contributed by atoms with van der Waals surface area (Å²) in [6.45, 7) is 2.97. The second kappa shape index (κ2) is 8.56. The van der Waals surface area contributed by atoms with Crippen molar-refractivity contribution >= 4 is 0 Å². The van der Waals surface area contributed by atoms with Crippen LogP contribution >= 0.6 is 0 Å². The highest BCUT2D eigenvalue weighted by atomic mass is 19.4. The number of unbranched alkanes of at least 4 members (excludes halogenated alkanes) is 1. The van der Waals surface area contributed by atoms with Crippen LogP contribution in [0.25, 0.3) is 11.4 Å². The zero-order chi connectivity index (χ0) is 19.3. The molecule has 1 aliphatic heterocycles. The fourth-order valence-electron chi connectivity index (χ4n) is 2.90. The number of hydrogen-bond donors (Lipinski definition) is 1. The molecule has 0 bridgehead atoms. The number of aromatic nitrogens is 2. The molecule has 0 amide bonds. The predicted molar refractivity (Wildman–Crippen MR) is 94.3 cm³/mol. The molecule has 1 N–H and O–H groups in total. The van der Waals surface area contributed by atoms with Crippen molar-refractivity contribution in [2.75, 3.05) is 13.2 Å². The van der Waals surface area contributed by atoms with Gasteiger partial charge in [-0.05, 0) is 44.0 Å². The molecule has 0 aliphatic carbocycles. The van der Waals surface area contributed by atoms with Crippen LogP contribution in [0.15, 0.2) is 34.9 Å². The Labute approximate surface area is 155 Å². The Morgan fingerprint density at radius 2 is 2.19 bits per heavy atom. The molecule has 146 valence electrons. The molecule has 2 heterocycles. The van der Waals surface area contributed by atoms with Crippen molar-refractivity contribution in [1.82, 2.24) is 15.5 Å². The molecule has 5 nitrogen and oxygen atoms in total. The first-order valence-corrected chi connectivity index (χ1v) is 9.05. The molecule has 1 aromatic carbocycles. The first-order chi connectivity index (χ1) is 13.0. The van der Waals surface area contributed by atoms with E-state index in [1.54, 1.807) is 6.08 Å². The lowest BCUT2D eigenvalue weighted by molar-refractivity contribution is -0.138. The highest BCUT2D eigenvalue weighted by Gasteiger charge is 2.35. The molecule has 3 rings (SSSR count). The van der Waals surface area contributed by atoms with Gasteiger partial charge in [0.05, 0.1) is 11.6 Å². The number of allylic oxidation sites excluding steroid dienone is 1. The minimum Gasteiger partial charge on any atom is -0.489 e. The Kier molecular flexibility index (Phi) is 6.15. The first kappa shape index (κ1) is 19.4. The topological polar surface area (TPSA) is 60.2 Å². The van der Waals surface area contributed by atoms with Gasteiger partial charge in [-0.2, -0.15) is 18.2 Å². The fraction of sp³-hybridized carbons (Fsp3) is 0.474. The van der Waals surface area contributed by atoms with Gasteiger partial charge < -0.3 is 14.6 Å². The minimum absolute atomic E-state index is 0.0362. The molecule has 1 atom stereocenters. The molecule has 0 spiro atoms. The summed E-state index contributed by atoms with van der Waals surface area (Å²) in [5, 5.41) is 7.05. The van der Waals surface area contributed by atoms with Crippen molar-refractivity contribution in [2.24, 2.45) is 0 Å². The summed E-state index contributed by atoms with van der Waals surface area (Å²) >= 11 is 0. The molecule has 2 aromatic rings. The zero-order valence-electron chi connectivity index (χ0n) is 15.1. The summed E-state index contributed by atoms with van der Waals surface area (Å²) in [4.78, 5) is 4.25. The number of nitrogens with zero attached hydrogens (tertiary/aromatic N) is 2. The quantitative estimate of drug-likeness (QED) is 0.690. The Hall–Kier alpha value is -2.35. The van der Waals surface area contributed by atoms with Crippen LogP contribution in [-0.2, 0) is 6.18 Å². The third-order valence-electron chi connectivity index (χ3n) is 4.30. The molecule has 1 aromatic heterocycles. The molecule has 0 saturated carbocycles. The molecule has 8 heteroatoms. The van der Waals surface area contributed by atoms with Crippen molar-refractivity contribution in [3.63, 3.8) is 0 Å². The van der Waals surface area contributed by atoms with E-state index in [0.717, 1.165) is 38.3 Å². The summed E-state index contributed by atoms with van der Waals surface area (Å²) in [7, 11) is 0. The SMILES string of the molecule is CCC/C=C/COc1ccc(-c2noc(C3CCCN3)n2)cc1C(F)(F)F. The summed E-state index contributed by atoms with van der Waals surface area (Å²) < 4.78 is 50.9. The molecule has 27 heavy (non-hydrogen) atoms. The average molecular weight is 381 g/mol. The van der Waals surface area contributed by atoms with E-state index in [9.17, 15) is 13.2 Å². The van der Waals surface area contributed by atoms with Gasteiger partial charge in [0.25, 0.3) is 0 Å². The third kappa shape index (κ3) is 4.88. The fourth-order valence-corrected chi connectivity index (χ4v) is 2.90. The van der Waals surface area contributed by atoms with Gasteiger partial charge in [0, 0.05) is 5.56 Å². The van der Waals surface area contributed by atoms with Crippen molar-refractivity contribution in [3.05, 3.63) is 41.8 Å². The zero-order valence-corrected chi connectivity index (χ0v) is 15.1. The Morgan fingerprint density at radius 1 is 1.33 bits per heavy atom. The van der Waals surface area contributed by atoms with Crippen molar-refractivity contribution in [2.45, 2.75) is 44.8 Å². The maximum absolute atomic E-state index is 13.5. The van der Waals surface area contributed by atoms with Crippen LogP contribution in [0.4, 0.5) is 13.2 Å². The summed E-state index contributed by atoms with van der Waals surface area (Å²) in [5.41, 5.74) is -0.613. The smallest absolute Gasteiger partial charge is 0.419 e. The number of alkyl halides is 3. The number of benzene rings is 1. The van der Waals surface area contributed by atoms with Crippen molar-refractivity contribution in [3.8, 4) is 17.1 Å². The lowest BCUT2D eigenvalue weighted by atomic mass is 10.1. The normalized spacial score (nSPS) is 17.7. The highest BCUT2D eigenvalue weighted by molar-refractivity contribution is 5.59. The monoisotopic (exact) mass is 381 g/mol. The molecule has 1 fully saturated rings. The van der Waals surface area contributed by atoms with Gasteiger partial charge in [0.1, 0.15) is 12.4 Å². The summed E-state index contributed by atoms with van der Waals surface area (Å²) in [5.74, 6) is 0.324. The van der Waals surface area contributed by atoms with Crippen LogP contribution in [0.1, 0.15) is 50.1 Å². The van der Waals surface area contributed by atoms with Gasteiger partial charge in [-0.1, -0.05) is 30.7 Å². The van der Waals surface area contributed by atoms with E-state index in [1.807, 2.05) is 13.0 Å². The number of halogens is 3. The number of nitrogens with one attached hydrogen (secondary N) is 1. The van der Waals surface area contributed by atoms with E-state index in [-0.39, 0.29) is 29.8 Å². The van der Waals surface area contributed by atoms with E-state index in [2.05, 4.69) is 15.5 Å². The lowest BCUT2D eigenvalue weighted by Gasteiger charge is -2.14. The molecular formula is C19H22F3N3O2.